The predicted octanol–water partition coefficient (Wildman–Crippen LogP) is 6.68. The number of halogens is 1. The molecule has 0 amide bonds. The van der Waals surface area contributed by atoms with Gasteiger partial charge in [-0.05, 0) is 69.1 Å². The molecule has 2 aliphatic rings. The van der Waals surface area contributed by atoms with Gasteiger partial charge in [0.05, 0.1) is 7.11 Å². The maximum atomic E-state index is 6.60. The molecule has 2 heterocycles. The lowest BCUT2D eigenvalue weighted by Crippen LogP contribution is -2.43. The largest absolute Gasteiger partial charge is 0.497 e. The van der Waals surface area contributed by atoms with Gasteiger partial charge in [-0.25, -0.2) is 0 Å². The second-order valence-corrected chi connectivity index (χ2v) is 9.94. The Hall–Kier alpha value is -2.69. The van der Waals surface area contributed by atoms with Crippen LogP contribution in [0.1, 0.15) is 55.2 Å². The summed E-state index contributed by atoms with van der Waals surface area (Å²) in [5.74, 6) is 2.96. The highest BCUT2D eigenvalue weighted by Crippen LogP contribution is 2.53. The van der Waals surface area contributed by atoms with Crippen LogP contribution >= 0.6 is 12.4 Å². The molecule has 5 rings (SSSR count). The summed E-state index contributed by atoms with van der Waals surface area (Å²) in [4.78, 5) is 2.48. The van der Waals surface area contributed by atoms with E-state index in [1.807, 2.05) is 12.1 Å². The van der Waals surface area contributed by atoms with Gasteiger partial charge in [-0.3, -0.25) is 4.90 Å². The molecule has 0 radical (unpaired) electrons. The Balaban J connectivity index is 0.00000289. The van der Waals surface area contributed by atoms with Gasteiger partial charge in [0.25, 0.3) is 0 Å². The number of likely N-dealkylation sites (tertiary alicyclic amines) is 1. The Kier molecular flexibility index (Phi) is 7.93. The Morgan fingerprint density at radius 3 is 2.26 bits per heavy atom. The van der Waals surface area contributed by atoms with Crippen molar-refractivity contribution in [1.29, 1.82) is 0 Å². The normalized spacial score (nSPS) is 20.9. The van der Waals surface area contributed by atoms with Crippen molar-refractivity contribution in [2.24, 2.45) is 0 Å². The number of benzene rings is 3. The van der Waals surface area contributed by atoms with Crippen molar-refractivity contribution in [2.45, 2.75) is 44.1 Å². The standard InChI is InChI=1S/C30H35NO3.ClH/c1-30(2)29(23-9-5-4-6-10-23)28(26-16-15-25(32-3)21-27(26)34-30)22-11-13-24(14-12-22)33-20-19-31-17-7-8-18-31;/h4-6,9-16,21,28-29H,7-8,17-20H2,1-3H3;1H/t28-,29-;/m0./s1. The summed E-state index contributed by atoms with van der Waals surface area (Å²) in [6.07, 6.45) is 2.62. The minimum Gasteiger partial charge on any atom is -0.497 e. The lowest BCUT2D eigenvalue weighted by atomic mass is 9.68. The van der Waals surface area contributed by atoms with E-state index < -0.39 is 5.60 Å². The molecule has 1 fully saturated rings. The lowest BCUT2D eigenvalue weighted by Gasteiger charge is -2.45. The minimum atomic E-state index is -0.393. The van der Waals surface area contributed by atoms with Gasteiger partial charge >= 0.3 is 0 Å². The van der Waals surface area contributed by atoms with Crippen molar-refractivity contribution in [1.82, 2.24) is 4.90 Å². The number of hydrogen-bond donors (Lipinski definition) is 0. The zero-order chi connectivity index (χ0) is 23.5. The van der Waals surface area contributed by atoms with E-state index in [9.17, 15) is 0 Å². The molecule has 0 N–H and O–H groups in total. The average Bonchev–Trinajstić information content (AvgIpc) is 3.37. The quantitative estimate of drug-likeness (QED) is 0.367. The zero-order valence-electron chi connectivity index (χ0n) is 20.9. The highest BCUT2D eigenvalue weighted by molar-refractivity contribution is 5.85. The van der Waals surface area contributed by atoms with Crippen LogP contribution in [0.3, 0.4) is 0 Å². The summed E-state index contributed by atoms with van der Waals surface area (Å²) >= 11 is 0. The van der Waals surface area contributed by atoms with Gasteiger partial charge in [0.2, 0.25) is 0 Å². The molecule has 186 valence electrons. The summed E-state index contributed by atoms with van der Waals surface area (Å²) in [6, 6.07) is 25.6. The highest BCUT2D eigenvalue weighted by atomic mass is 35.5. The van der Waals surface area contributed by atoms with Crippen molar-refractivity contribution in [2.75, 3.05) is 33.4 Å². The van der Waals surface area contributed by atoms with Crippen LogP contribution in [0.4, 0.5) is 0 Å². The first kappa shape index (κ1) is 25.4. The van der Waals surface area contributed by atoms with E-state index in [0.717, 1.165) is 30.4 Å². The molecule has 35 heavy (non-hydrogen) atoms. The lowest BCUT2D eigenvalue weighted by molar-refractivity contribution is 0.0528. The number of ether oxygens (including phenoxy) is 3. The Labute approximate surface area is 215 Å². The maximum absolute atomic E-state index is 6.60. The minimum absolute atomic E-state index is 0. The molecular weight excluding hydrogens is 458 g/mol. The van der Waals surface area contributed by atoms with Crippen LogP contribution in [-0.2, 0) is 0 Å². The van der Waals surface area contributed by atoms with Crippen LogP contribution in [0.15, 0.2) is 72.8 Å². The van der Waals surface area contributed by atoms with E-state index in [2.05, 4.69) is 79.4 Å². The van der Waals surface area contributed by atoms with Crippen molar-refractivity contribution in [3.8, 4) is 17.2 Å². The maximum Gasteiger partial charge on any atom is 0.127 e. The third-order valence-electron chi connectivity index (χ3n) is 7.28. The first-order chi connectivity index (χ1) is 16.5. The second kappa shape index (κ2) is 10.9. The predicted molar refractivity (Wildman–Crippen MR) is 144 cm³/mol. The fourth-order valence-corrected chi connectivity index (χ4v) is 5.61. The van der Waals surface area contributed by atoms with Gasteiger partial charge in [-0.1, -0.05) is 48.5 Å². The molecule has 2 atom stereocenters. The van der Waals surface area contributed by atoms with Crippen LogP contribution in [0.2, 0.25) is 0 Å². The summed E-state index contributed by atoms with van der Waals surface area (Å²) in [6.45, 7) is 8.52. The monoisotopic (exact) mass is 493 g/mol. The fourth-order valence-electron chi connectivity index (χ4n) is 5.61. The Bertz CT molecular complexity index is 1090. The molecule has 1 saturated heterocycles. The van der Waals surface area contributed by atoms with Gasteiger partial charge in [-0.15, -0.1) is 12.4 Å². The van der Waals surface area contributed by atoms with Gasteiger partial charge in [0, 0.05) is 30.0 Å². The second-order valence-electron chi connectivity index (χ2n) is 9.94. The Morgan fingerprint density at radius 2 is 1.57 bits per heavy atom. The molecule has 4 nitrogen and oxygen atoms in total. The van der Waals surface area contributed by atoms with Gasteiger partial charge in [-0.2, -0.15) is 0 Å². The third-order valence-corrected chi connectivity index (χ3v) is 7.28. The number of methoxy groups -OCH3 is 1. The van der Waals surface area contributed by atoms with E-state index in [1.54, 1.807) is 7.11 Å². The fraction of sp³-hybridized carbons (Fsp3) is 0.400. The summed E-state index contributed by atoms with van der Waals surface area (Å²) in [5.41, 5.74) is 3.35. The van der Waals surface area contributed by atoms with E-state index >= 15 is 0 Å². The first-order valence-corrected chi connectivity index (χ1v) is 12.4. The van der Waals surface area contributed by atoms with Gasteiger partial charge in [0.1, 0.15) is 29.5 Å². The van der Waals surface area contributed by atoms with Crippen LogP contribution in [0.25, 0.3) is 0 Å². The van der Waals surface area contributed by atoms with E-state index in [0.29, 0.717) is 0 Å². The van der Waals surface area contributed by atoms with Gasteiger partial charge in [0.15, 0.2) is 0 Å². The van der Waals surface area contributed by atoms with Crippen LogP contribution < -0.4 is 14.2 Å². The summed E-state index contributed by atoms with van der Waals surface area (Å²) in [5, 5.41) is 0. The molecule has 0 unspecified atom stereocenters. The summed E-state index contributed by atoms with van der Waals surface area (Å²) < 4.78 is 18.2. The van der Waals surface area contributed by atoms with Crippen molar-refractivity contribution in [3.63, 3.8) is 0 Å². The van der Waals surface area contributed by atoms with E-state index in [1.165, 1.54) is 42.6 Å². The zero-order valence-corrected chi connectivity index (χ0v) is 21.7. The molecular formula is C30H36ClNO3. The number of hydrogen-bond acceptors (Lipinski definition) is 4. The Morgan fingerprint density at radius 1 is 0.886 bits per heavy atom. The molecule has 0 saturated carbocycles. The summed E-state index contributed by atoms with van der Waals surface area (Å²) in [7, 11) is 1.70. The van der Waals surface area contributed by atoms with Gasteiger partial charge < -0.3 is 14.2 Å². The highest BCUT2D eigenvalue weighted by Gasteiger charge is 2.45. The molecule has 5 heteroatoms. The van der Waals surface area contributed by atoms with Crippen molar-refractivity contribution in [3.05, 3.63) is 89.5 Å². The van der Waals surface area contributed by atoms with Crippen LogP contribution in [0.5, 0.6) is 17.2 Å². The SMILES string of the molecule is COc1ccc2c(c1)OC(C)(C)[C@@H](c1ccccc1)[C@H]2c1ccc(OCCN2CCCC2)cc1.Cl. The molecule has 3 aromatic rings. The van der Waals surface area contributed by atoms with E-state index in [-0.39, 0.29) is 24.2 Å². The smallest absolute Gasteiger partial charge is 0.127 e. The number of fused-ring (bicyclic) bond motifs is 1. The molecule has 0 bridgehead atoms. The topological polar surface area (TPSA) is 30.9 Å². The average molecular weight is 494 g/mol. The molecule has 0 aromatic heterocycles. The van der Waals surface area contributed by atoms with Crippen molar-refractivity contribution >= 4 is 12.4 Å². The first-order valence-electron chi connectivity index (χ1n) is 12.4. The molecule has 0 spiro atoms. The third kappa shape index (κ3) is 5.44. The molecule has 2 aliphatic heterocycles. The molecule has 0 aliphatic carbocycles. The molecule has 3 aromatic carbocycles. The number of nitrogens with zero attached hydrogens (tertiary/aromatic N) is 1. The van der Waals surface area contributed by atoms with Crippen LogP contribution in [-0.4, -0.2) is 43.9 Å². The van der Waals surface area contributed by atoms with Crippen LogP contribution in [0, 0.1) is 0 Å². The number of rotatable bonds is 7. The van der Waals surface area contributed by atoms with Crippen molar-refractivity contribution < 1.29 is 14.2 Å². The van der Waals surface area contributed by atoms with E-state index in [4.69, 9.17) is 14.2 Å².